The lowest BCUT2D eigenvalue weighted by atomic mass is 10.2. The number of benzene rings is 1. The van der Waals surface area contributed by atoms with E-state index in [4.69, 9.17) is 16.3 Å². The van der Waals surface area contributed by atoms with E-state index in [1.165, 1.54) is 0 Å². The first-order chi connectivity index (χ1) is 9.78. The Labute approximate surface area is 122 Å². The van der Waals surface area contributed by atoms with E-state index in [9.17, 15) is 4.79 Å². The van der Waals surface area contributed by atoms with Crippen molar-refractivity contribution in [3.05, 3.63) is 54.2 Å². The van der Waals surface area contributed by atoms with Gasteiger partial charge in [0.25, 0.3) is 0 Å². The SMILES string of the molecule is O=C(Cc1ccc(Nc2ccccc2)nc1)OCCCl. The average Bonchev–Trinajstić information content (AvgIpc) is 2.48. The van der Waals surface area contributed by atoms with Gasteiger partial charge in [0, 0.05) is 11.9 Å². The van der Waals surface area contributed by atoms with Gasteiger partial charge >= 0.3 is 5.97 Å². The van der Waals surface area contributed by atoms with Gasteiger partial charge in [-0.25, -0.2) is 4.98 Å². The second-order valence-electron chi connectivity index (χ2n) is 4.13. The van der Waals surface area contributed by atoms with Crippen LogP contribution >= 0.6 is 11.6 Å². The Morgan fingerprint density at radius 3 is 2.65 bits per heavy atom. The summed E-state index contributed by atoms with van der Waals surface area (Å²) in [6.45, 7) is 0.238. The van der Waals surface area contributed by atoms with Crippen molar-refractivity contribution in [1.82, 2.24) is 4.98 Å². The first kappa shape index (κ1) is 14.3. The highest BCUT2D eigenvalue weighted by Crippen LogP contribution is 2.14. The summed E-state index contributed by atoms with van der Waals surface area (Å²) in [5.41, 5.74) is 1.78. The molecule has 1 aromatic carbocycles. The summed E-state index contributed by atoms with van der Waals surface area (Å²) < 4.78 is 4.91. The molecule has 1 aromatic heterocycles. The normalized spacial score (nSPS) is 10.1. The molecule has 0 saturated heterocycles. The van der Waals surface area contributed by atoms with Crippen LogP contribution in [-0.2, 0) is 16.0 Å². The first-order valence-corrected chi connectivity index (χ1v) is 6.80. The van der Waals surface area contributed by atoms with E-state index in [0.29, 0.717) is 5.88 Å². The van der Waals surface area contributed by atoms with Gasteiger partial charge in [-0.1, -0.05) is 24.3 Å². The molecule has 104 valence electrons. The summed E-state index contributed by atoms with van der Waals surface area (Å²) in [7, 11) is 0. The minimum absolute atomic E-state index is 0.204. The number of pyridine rings is 1. The van der Waals surface area contributed by atoms with Crippen molar-refractivity contribution in [2.45, 2.75) is 6.42 Å². The molecular weight excluding hydrogens is 276 g/mol. The van der Waals surface area contributed by atoms with Crippen LogP contribution in [0.2, 0.25) is 0 Å². The lowest BCUT2D eigenvalue weighted by Crippen LogP contribution is -2.10. The topological polar surface area (TPSA) is 51.2 Å². The molecule has 2 aromatic rings. The minimum atomic E-state index is -0.295. The van der Waals surface area contributed by atoms with Crippen LogP contribution in [0.5, 0.6) is 0 Å². The number of para-hydroxylation sites is 1. The molecule has 0 aliphatic heterocycles. The number of esters is 1. The van der Waals surface area contributed by atoms with Gasteiger partial charge in [-0.15, -0.1) is 11.6 Å². The standard InChI is InChI=1S/C15H15ClN2O2/c16-8-9-20-15(19)10-12-6-7-14(17-11-12)18-13-4-2-1-3-5-13/h1-7,11H,8-10H2,(H,17,18). The van der Waals surface area contributed by atoms with Gasteiger partial charge in [-0.2, -0.15) is 0 Å². The van der Waals surface area contributed by atoms with Crippen LogP contribution in [-0.4, -0.2) is 23.4 Å². The van der Waals surface area contributed by atoms with Crippen molar-refractivity contribution in [1.29, 1.82) is 0 Å². The average molecular weight is 291 g/mol. The second-order valence-corrected chi connectivity index (χ2v) is 4.51. The minimum Gasteiger partial charge on any atom is -0.464 e. The fourth-order valence-corrected chi connectivity index (χ4v) is 1.72. The Bertz CT molecular complexity index is 544. The summed E-state index contributed by atoms with van der Waals surface area (Å²) in [5.74, 6) is 0.745. The Balaban J connectivity index is 1.91. The van der Waals surface area contributed by atoms with Gasteiger partial charge in [0.15, 0.2) is 0 Å². The summed E-state index contributed by atoms with van der Waals surface area (Å²) in [4.78, 5) is 15.7. The van der Waals surface area contributed by atoms with Crippen molar-refractivity contribution in [2.75, 3.05) is 17.8 Å². The second kappa shape index (κ2) is 7.50. The zero-order chi connectivity index (χ0) is 14.2. The molecule has 1 heterocycles. The van der Waals surface area contributed by atoms with Crippen LogP contribution in [0.1, 0.15) is 5.56 Å². The highest BCUT2D eigenvalue weighted by molar-refractivity contribution is 6.18. The number of hydrogen-bond donors (Lipinski definition) is 1. The number of anilines is 2. The molecule has 0 fully saturated rings. The smallest absolute Gasteiger partial charge is 0.310 e. The van der Waals surface area contributed by atoms with E-state index in [0.717, 1.165) is 17.1 Å². The molecule has 0 aliphatic carbocycles. The lowest BCUT2D eigenvalue weighted by Gasteiger charge is -2.06. The molecule has 0 aliphatic rings. The largest absolute Gasteiger partial charge is 0.464 e. The molecule has 1 N–H and O–H groups in total. The maximum atomic E-state index is 11.4. The lowest BCUT2D eigenvalue weighted by molar-refractivity contribution is -0.142. The molecule has 0 saturated carbocycles. The van der Waals surface area contributed by atoms with Crippen molar-refractivity contribution < 1.29 is 9.53 Å². The predicted octanol–water partition coefficient (Wildman–Crippen LogP) is 3.15. The third-order valence-corrected chi connectivity index (χ3v) is 2.71. The van der Waals surface area contributed by atoms with E-state index in [2.05, 4.69) is 10.3 Å². The summed E-state index contributed by atoms with van der Waals surface area (Å²) >= 11 is 5.45. The van der Waals surface area contributed by atoms with Crippen LogP contribution in [0, 0.1) is 0 Å². The highest BCUT2D eigenvalue weighted by Gasteiger charge is 2.05. The molecule has 0 unspecified atom stereocenters. The van der Waals surface area contributed by atoms with Crippen molar-refractivity contribution in [3.63, 3.8) is 0 Å². The number of rotatable bonds is 6. The van der Waals surface area contributed by atoms with Gasteiger partial charge < -0.3 is 10.1 Å². The number of nitrogens with zero attached hydrogens (tertiary/aromatic N) is 1. The maximum absolute atomic E-state index is 11.4. The molecule has 5 heteroatoms. The number of carbonyl (C=O) groups excluding carboxylic acids is 1. The van der Waals surface area contributed by atoms with Gasteiger partial charge in [0.1, 0.15) is 12.4 Å². The monoisotopic (exact) mass is 290 g/mol. The fourth-order valence-electron chi connectivity index (χ4n) is 1.64. The van der Waals surface area contributed by atoms with Crippen LogP contribution < -0.4 is 5.32 Å². The molecular formula is C15H15ClN2O2. The zero-order valence-corrected chi connectivity index (χ0v) is 11.6. The van der Waals surface area contributed by atoms with E-state index in [-0.39, 0.29) is 19.0 Å². The molecule has 4 nitrogen and oxygen atoms in total. The summed E-state index contributed by atoms with van der Waals surface area (Å²) in [5, 5.41) is 3.17. The predicted molar refractivity (Wildman–Crippen MR) is 79.3 cm³/mol. The fraction of sp³-hybridized carbons (Fsp3) is 0.200. The van der Waals surface area contributed by atoms with E-state index < -0.39 is 0 Å². The Kier molecular flexibility index (Phi) is 5.38. The quantitative estimate of drug-likeness (QED) is 0.656. The number of alkyl halides is 1. The van der Waals surface area contributed by atoms with Gasteiger partial charge in [-0.05, 0) is 23.8 Å². The van der Waals surface area contributed by atoms with Crippen molar-refractivity contribution in [2.24, 2.45) is 0 Å². The van der Waals surface area contributed by atoms with Gasteiger partial charge in [0.2, 0.25) is 0 Å². The number of carbonyl (C=O) groups is 1. The van der Waals surface area contributed by atoms with Crippen molar-refractivity contribution in [3.8, 4) is 0 Å². The Morgan fingerprint density at radius 1 is 1.20 bits per heavy atom. The molecule has 0 atom stereocenters. The van der Waals surface area contributed by atoms with E-state index >= 15 is 0 Å². The van der Waals surface area contributed by atoms with Gasteiger partial charge in [-0.3, -0.25) is 4.79 Å². The number of hydrogen-bond acceptors (Lipinski definition) is 4. The molecule has 20 heavy (non-hydrogen) atoms. The molecule has 0 spiro atoms. The van der Waals surface area contributed by atoms with Crippen LogP contribution in [0.25, 0.3) is 0 Å². The summed E-state index contributed by atoms with van der Waals surface area (Å²) in [6, 6.07) is 13.4. The number of nitrogens with one attached hydrogen (secondary N) is 1. The molecule has 0 bridgehead atoms. The van der Waals surface area contributed by atoms with Crippen LogP contribution in [0.15, 0.2) is 48.7 Å². The Morgan fingerprint density at radius 2 is 2.00 bits per heavy atom. The van der Waals surface area contributed by atoms with Crippen molar-refractivity contribution >= 4 is 29.1 Å². The third-order valence-electron chi connectivity index (χ3n) is 2.56. The first-order valence-electron chi connectivity index (χ1n) is 6.26. The molecule has 0 amide bonds. The number of halogens is 1. The summed E-state index contributed by atoms with van der Waals surface area (Å²) in [6.07, 6.45) is 1.86. The zero-order valence-electron chi connectivity index (χ0n) is 10.9. The van der Waals surface area contributed by atoms with Crippen LogP contribution in [0.3, 0.4) is 0 Å². The van der Waals surface area contributed by atoms with E-state index in [1.54, 1.807) is 6.20 Å². The number of ether oxygens (including phenoxy) is 1. The maximum Gasteiger partial charge on any atom is 0.310 e. The Hall–Kier alpha value is -2.07. The number of aromatic nitrogens is 1. The van der Waals surface area contributed by atoms with Crippen LogP contribution in [0.4, 0.5) is 11.5 Å². The third kappa shape index (κ3) is 4.55. The molecule has 0 radical (unpaired) electrons. The van der Waals surface area contributed by atoms with Gasteiger partial charge in [0.05, 0.1) is 12.3 Å². The highest BCUT2D eigenvalue weighted by atomic mass is 35.5. The molecule has 2 rings (SSSR count). The van der Waals surface area contributed by atoms with E-state index in [1.807, 2.05) is 42.5 Å².